The molecular weight excluding hydrogens is 309 g/mol. The van der Waals surface area contributed by atoms with Crippen LogP contribution in [0.3, 0.4) is 0 Å². The van der Waals surface area contributed by atoms with E-state index in [0.29, 0.717) is 6.54 Å². The lowest BCUT2D eigenvalue weighted by molar-refractivity contribution is -0.128. The van der Waals surface area contributed by atoms with Gasteiger partial charge < -0.3 is 4.57 Å². The predicted molar refractivity (Wildman–Crippen MR) is 65.2 cm³/mol. The fourth-order valence-corrected chi connectivity index (χ4v) is 1.88. The van der Waals surface area contributed by atoms with Crippen molar-refractivity contribution < 1.29 is 13.2 Å². The van der Waals surface area contributed by atoms with Gasteiger partial charge >= 0.3 is 6.18 Å². The summed E-state index contributed by atoms with van der Waals surface area (Å²) in [5.74, 6) is 0.0328. The van der Waals surface area contributed by atoms with Crippen LogP contribution in [0.2, 0.25) is 0 Å². The molecule has 0 aliphatic rings. The molecular formula is C12H10BrF3N2. The van der Waals surface area contributed by atoms with Crippen LogP contribution in [0.4, 0.5) is 13.2 Å². The molecule has 0 amide bonds. The van der Waals surface area contributed by atoms with Crippen molar-refractivity contribution in [3.05, 3.63) is 52.5 Å². The van der Waals surface area contributed by atoms with Crippen molar-refractivity contribution in [3.63, 3.8) is 0 Å². The Labute approximate surface area is 111 Å². The van der Waals surface area contributed by atoms with E-state index in [4.69, 9.17) is 0 Å². The molecule has 0 spiro atoms. The highest BCUT2D eigenvalue weighted by Gasteiger charge is 2.29. The van der Waals surface area contributed by atoms with Crippen molar-refractivity contribution in [2.75, 3.05) is 0 Å². The molecule has 0 radical (unpaired) electrons. The maximum Gasteiger partial charge on any atom is 0.396 e. The molecule has 96 valence electrons. The third-order valence-corrected chi connectivity index (χ3v) is 2.96. The summed E-state index contributed by atoms with van der Waals surface area (Å²) in [5, 5.41) is 0. The van der Waals surface area contributed by atoms with Gasteiger partial charge in [-0.3, -0.25) is 0 Å². The highest BCUT2D eigenvalue weighted by atomic mass is 79.9. The summed E-state index contributed by atoms with van der Waals surface area (Å²) in [6, 6.07) is 7.44. The molecule has 0 saturated heterocycles. The molecule has 0 aliphatic heterocycles. The Bertz CT molecular complexity index is 517. The van der Waals surface area contributed by atoms with E-state index in [0.717, 1.165) is 10.0 Å². The summed E-state index contributed by atoms with van der Waals surface area (Å²) in [7, 11) is 0. The van der Waals surface area contributed by atoms with E-state index in [1.165, 1.54) is 10.8 Å². The van der Waals surface area contributed by atoms with Crippen molar-refractivity contribution in [3.8, 4) is 0 Å². The van der Waals surface area contributed by atoms with Gasteiger partial charge in [0.25, 0.3) is 0 Å². The first-order valence-corrected chi connectivity index (χ1v) is 6.04. The number of alkyl halides is 3. The molecule has 0 N–H and O–H groups in total. The molecule has 0 aliphatic carbocycles. The minimum Gasteiger partial charge on any atom is -0.330 e. The molecule has 0 bridgehead atoms. The van der Waals surface area contributed by atoms with Crippen LogP contribution < -0.4 is 0 Å². The lowest BCUT2D eigenvalue weighted by Crippen LogP contribution is -2.16. The Morgan fingerprint density at radius 3 is 2.44 bits per heavy atom. The first-order chi connectivity index (χ1) is 8.44. The summed E-state index contributed by atoms with van der Waals surface area (Å²) in [6.45, 7) is 0.388. The summed E-state index contributed by atoms with van der Waals surface area (Å²) in [4.78, 5) is 3.75. The maximum absolute atomic E-state index is 12.3. The molecule has 0 atom stereocenters. The Balaban J connectivity index is 2.15. The van der Waals surface area contributed by atoms with E-state index in [1.807, 2.05) is 24.3 Å². The molecule has 0 fully saturated rings. The molecule has 2 nitrogen and oxygen atoms in total. The van der Waals surface area contributed by atoms with Gasteiger partial charge in [-0.1, -0.05) is 28.1 Å². The van der Waals surface area contributed by atoms with Gasteiger partial charge in [-0.2, -0.15) is 13.2 Å². The zero-order chi connectivity index (χ0) is 13.2. The lowest BCUT2D eigenvalue weighted by atomic mass is 10.2. The topological polar surface area (TPSA) is 17.8 Å². The van der Waals surface area contributed by atoms with Gasteiger partial charge in [0.1, 0.15) is 12.2 Å². The standard InChI is InChI=1S/C12H10BrF3N2/c13-10-3-1-9(2-4-10)8-18-6-5-17-11(18)7-12(14,15)16/h1-6H,7-8H2. The average molecular weight is 319 g/mol. The Morgan fingerprint density at radius 1 is 1.17 bits per heavy atom. The summed E-state index contributed by atoms with van der Waals surface area (Å²) in [6.07, 6.45) is -2.29. The van der Waals surface area contributed by atoms with Crippen molar-refractivity contribution >= 4 is 15.9 Å². The van der Waals surface area contributed by atoms with Crippen LogP contribution >= 0.6 is 15.9 Å². The second-order valence-corrected chi connectivity index (χ2v) is 4.81. The average Bonchev–Trinajstić information content (AvgIpc) is 2.67. The molecule has 0 saturated carbocycles. The van der Waals surface area contributed by atoms with Gasteiger partial charge in [-0.05, 0) is 17.7 Å². The monoisotopic (exact) mass is 318 g/mol. The molecule has 0 unspecified atom stereocenters. The van der Waals surface area contributed by atoms with Gasteiger partial charge in [0.05, 0.1) is 0 Å². The van der Waals surface area contributed by atoms with Crippen LogP contribution in [-0.2, 0) is 13.0 Å². The quantitative estimate of drug-likeness (QED) is 0.841. The minimum atomic E-state index is -4.23. The summed E-state index contributed by atoms with van der Waals surface area (Å²) >= 11 is 3.31. The van der Waals surface area contributed by atoms with Crippen LogP contribution in [0.5, 0.6) is 0 Å². The number of nitrogens with zero attached hydrogens (tertiary/aromatic N) is 2. The van der Waals surface area contributed by atoms with Crippen LogP contribution in [0.15, 0.2) is 41.1 Å². The normalized spacial score (nSPS) is 11.8. The fraction of sp³-hybridized carbons (Fsp3) is 0.250. The van der Waals surface area contributed by atoms with Gasteiger partial charge in [-0.15, -0.1) is 0 Å². The van der Waals surface area contributed by atoms with Crippen molar-refractivity contribution in [1.82, 2.24) is 9.55 Å². The molecule has 1 heterocycles. The predicted octanol–water partition coefficient (Wildman–Crippen LogP) is 3.80. The molecule has 1 aromatic heterocycles. The third-order valence-electron chi connectivity index (χ3n) is 2.43. The number of hydrogen-bond donors (Lipinski definition) is 0. The Morgan fingerprint density at radius 2 is 1.83 bits per heavy atom. The summed E-state index contributed by atoms with van der Waals surface area (Å²) in [5.41, 5.74) is 0.930. The van der Waals surface area contributed by atoms with E-state index in [1.54, 1.807) is 6.20 Å². The third kappa shape index (κ3) is 3.60. The summed E-state index contributed by atoms with van der Waals surface area (Å²) < 4.78 is 39.4. The largest absolute Gasteiger partial charge is 0.396 e. The Hall–Kier alpha value is -1.30. The number of imidazole rings is 1. The highest BCUT2D eigenvalue weighted by Crippen LogP contribution is 2.21. The fourth-order valence-electron chi connectivity index (χ4n) is 1.62. The van der Waals surface area contributed by atoms with Gasteiger partial charge in [0.2, 0.25) is 0 Å². The van der Waals surface area contributed by atoms with Gasteiger partial charge in [0, 0.05) is 23.4 Å². The molecule has 1 aromatic carbocycles. The molecule has 6 heteroatoms. The van der Waals surface area contributed by atoms with Crippen molar-refractivity contribution in [2.24, 2.45) is 0 Å². The molecule has 2 rings (SSSR count). The van der Waals surface area contributed by atoms with Crippen LogP contribution in [-0.4, -0.2) is 15.7 Å². The number of benzene rings is 1. The van der Waals surface area contributed by atoms with Crippen LogP contribution in [0.25, 0.3) is 0 Å². The number of rotatable bonds is 3. The van der Waals surface area contributed by atoms with Crippen LogP contribution in [0, 0.1) is 0 Å². The number of halogens is 4. The minimum absolute atomic E-state index is 0.0328. The smallest absolute Gasteiger partial charge is 0.330 e. The second kappa shape index (κ2) is 5.14. The Kier molecular flexibility index (Phi) is 3.75. The first kappa shape index (κ1) is 13.1. The molecule has 2 aromatic rings. The van der Waals surface area contributed by atoms with E-state index >= 15 is 0 Å². The molecule has 18 heavy (non-hydrogen) atoms. The van der Waals surface area contributed by atoms with E-state index < -0.39 is 12.6 Å². The zero-order valence-corrected chi connectivity index (χ0v) is 10.9. The zero-order valence-electron chi connectivity index (χ0n) is 9.28. The van der Waals surface area contributed by atoms with Gasteiger partial charge in [0.15, 0.2) is 0 Å². The maximum atomic E-state index is 12.3. The lowest BCUT2D eigenvalue weighted by Gasteiger charge is -2.10. The van der Waals surface area contributed by atoms with Crippen LogP contribution in [0.1, 0.15) is 11.4 Å². The van der Waals surface area contributed by atoms with E-state index in [2.05, 4.69) is 20.9 Å². The van der Waals surface area contributed by atoms with E-state index in [9.17, 15) is 13.2 Å². The van der Waals surface area contributed by atoms with Crippen molar-refractivity contribution in [1.29, 1.82) is 0 Å². The highest BCUT2D eigenvalue weighted by molar-refractivity contribution is 9.10. The van der Waals surface area contributed by atoms with Crippen molar-refractivity contribution in [2.45, 2.75) is 19.1 Å². The second-order valence-electron chi connectivity index (χ2n) is 3.89. The van der Waals surface area contributed by atoms with E-state index in [-0.39, 0.29) is 5.82 Å². The first-order valence-electron chi connectivity index (χ1n) is 5.25. The number of aromatic nitrogens is 2. The van der Waals surface area contributed by atoms with Gasteiger partial charge in [-0.25, -0.2) is 4.98 Å². The SMILES string of the molecule is FC(F)(F)Cc1nccn1Cc1ccc(Br)cc1. The number of hydrogen-bond acceptors (Lipinski definition) is 1.